The number of likely N-dealkylation sites (tertiary alicyclic amines) is 1. The van der Waals surface area contributed by atoms with Crippen LogP contribution < -0.4 is 10.5 Å². The quantitative estimate of drug-likeness (QED) is 0.185. The van der Waals surface area contributed by atoms with E-state index in [9.17, 15) is 9.59 Å². The van der Waals surface area contributed by atoms with Crippen molar-refractivity contribution in [2.24, 2.45) is 5.73 Å². The third-order valence-corrected chi connectivity index (χ3v) is 8.08. The van der Waals surface area contributed by atoms with E-state index in [1.54, 1.807) is 35.6 Å². The number of carbonyl (C=O) groups is 2. The molecule has 2 aliphatic rings. The second kappa shape index (κ2) is 12.7. The number of thiazole rings is 1. The molecule has 39 heavy (non-hydrogen) atoms. The van der Waals surface area contributed by atoms with Gasteiger partial charge >= 0.3 is 0 Å². The minimum atomic E-state index is -0.941. The fraction of sp³-hybridized carbons (Fsp3) is 0.323. The summed E-state index contributed by atoms with van der Waals surface area (Å²) >= 11 is 7.85. The number of Topliss-reactive ketones (excluding diaryl/α,β-unsaturated/α-hetero) is 1. The van der Waals surface area contributed by atoms with Gasteiger partial charge in [-0.15, -0.1) is 11.3 Å². The molecule has 1 amide bonds. The molecular formula is C31H32ClN3O3S. The zero-order chi connectivity index (χ0) is 27.2. The number of nitrogens with two attached hydrogens (primary N) is 1. The van der Waals surface area contributed by atoms with Crippen LogP contribution >= 0.6 is 22.9 Å². The number of amides is 1. The second-order valence-corrected chi connectivity index (χ2v) is 11.3. The Morgan fingerprint density at radius 1 is 1.00 bits per heavy atom. The van der Waals surface area contributed by atoms with Gasteiger partial charge in [0.2, 0.25) is 5.78 Å². The van der Waals surface area contributed by atoms with E-state index >= 15 is 0 Å². The SMILES string of the molecule is Clc1cc(CCCN2CCCC2)ccc1OC1CC1.NC(=O)C(=O)c1ccc(-c2ccc3ncsc3c2)cc1. The van der Waals surface area contributed by atoms with Gasteiger partial charge in [0.1, 0.15) is 5.75 Å². The Hall–Kier alpha value is -3.26. The molecule has 3 aromatic carbocycles. The Balaban J connectivity index is 0.000000158. The van der Waals surface area contributed by atoms with E-state index in [1.807, 2.05) is 23.7 Å². The van der Waals surface area contributed by atoms with Crippen molar-refractivity contribution in [1.82, 2.24) is 9.88 Å². The molecule has 1 aromatic heterocycles. The normalized spacial score (nSPS) is 15.1. The van der Waals surface area contributed by atoms with Crippen LogP contribution in [0.2, 0.25) is 5.02 Å². The Kier molecular flexibility index (Phi) is 8.91. The highest BCUT2D eigenvalue weighted by molar-refractivity contribution is 7.16. The van der Waals surface area contributed by atoms with Crippen LogP contribution in [0.3, 0.4) is 0 Å². The smallest absolute Gasteiger partial charge is 0.289 e. The van der Waals surface area contributed by atoms with Crippen molar-refractivity contribution in [3.05, 3.63) is 82.3 Å². The van der Waals surface area contributed by atoms with Gasteiger partial charge in [0.15, 0.2) is 0 Å². The van der Waals surface area contributed by atoms with Gasteiger partial charge in [0.25, 0.3) is 5.91 Å². The van der Waals surface area contributed by atoms with Gasteiger partial charge in [-0.25, -0.2) is 4.98 Å². The Morgan fingerprint density at radius 2 is 1.74 bits per heavy atom. The number of aromatic nitrogens is 1. The van der Waals surface area contributed by atoms with Crippen LogP contribution in [0.25, 0.3) is 21.3 Å². The highest BCUT2D eigenvalue weighted by Gasteiger charge is 2.24. The standard InChI is InChI=1S/C16H22ClNO.C15H10N2O2S/c17-15-12-13(4-3-11-18-9-1-2-10-18)5-8-16(15)19-14-6-7-14;16-15(19)14(18)10-3-1-9(2-4-10)11-5-6-12-13(7-11)20-8-17-12/h5,8,12,14H,1-4,6-7,9-11H2;1-8H,(H2,16,19). The molecule has 1 saturated heterocycles. The molecule has 4 aromatic rings. The van der Waals surface area contributed by atoms with Gasteiger partial charge in [0, 0.05) is 5.56 Å². The highest BCUT2D eigenvalue weighted by atomic mass is 35.5. The van der Waals surface area contributed by atoms with E-state index in [0.29, 0.717) is 11.7 Å². The van der Waals surface area contributed by atoms with Crippen molar-refractivity contribution in [3.8, 4) is 16.9 Å². The van der Waals surface area contributed by atoms with Crippen molar-refractivity contribution < 1.29 is 14.3 Å². The van der Waals surface area contributed by atoms with Crippen LogP contribution in [-0.4, -0.2) is 47.3 Å². The molecule has 202 valence electrons. The number of ether oxygens (including phenoxy) is 1. The third kappa shape index (κ3) is 7.44. The molecule has 6 nitrogen and oxygen atoms in total. The Morgan fingerprint density at radius 3 is 2.44 bits per heavy atom. The van der Waals surface area contributed by atoms with Crippen LogP contribution in [0.5, 0.6) is 5.75 Å². The predicted molar refractivity (Wildman–Crippen MR) is 158 cm³/mol. The Bertz CT molecular complexity index is 1440. The highest BCUT2D eigenvalue weighted by Crippen LogP contribution is 2.32. The number of carbonyl (C=O) groups excluding carboxylic acids is 2. The molecule has 6 rings (SSSR count). The minimum absolute atomic E-state index is 0.306. The number of halogens is 1. The minimum Gasteiger partial charge on any atom is -0.489 e. The number of rotatable bonds is 9. The molecule has 2 fully saturated rings. The number of hydrogen-bond acceptors (Lipinski definition) is 6. The summed E-state index contributed by atoms with van der Waals surface area (Å²) < 4.78 is 6.87. The first-order valence-electron chi connectivity index (χ1n) is 13.4. The van der Waals surface area contributed by atoms with Gasteiger partial charge in [-0.2, -0.15) is 0 Å². The van der Waals surface area contributed by atoms with Crippen molar-refractivity contribution in [3.63, 3.8) is 0 Å². The molecule has 0 atom stereocenters. The summed E-state index contributed by atoms with van der Waals surface area (Å²) in [7, 11) is 0. The van der Waals surface area contributed by atoms with Crippen LogP contribution in [0.1, 0.15) is 48.0 Å². The maximum Gasteiger partial charge on any atom is 0.289 e. The fourth-order valence-electron chi connectivity index (χ4n) is 4.66. The number of fused-ring (bicyclic) bond motifs is 1. The van der Waals surface area contributed by atoms with Gasteiger partial charge in [0.05, 0.1) is 26.9 Å². The molecule has 8 heteroatoms. The summed E-state index contributed by atoms with van der Waals surface area (Å²) in [5.74, 6) is -0.759. The van der Waals surface area contributed by atoms with Gasteiger partial charge in [-0.1, -0.05) is 48.0 Å². The van der Waals surface area contributed by atoms with Crippen LogP contribution in [0, 0.1) is 0 Å². The molecule has 0 spiro atoms. The number of ketones is 1. The molecule has 0 radical (unpaired) electrons. The zero-order valence-electron chi connectivity index (χ0n) is 21.8. The molecule has 0 unspecified atom stereocenters. The first-order chi connectivity index (χ1) is 19.0. The lowest BCUT2D eigenvalue weighted by atomic mass is 10.0. The molecular weight excluding hydrogens is 530 g/mol. The average molecular weight is 562 g/mol. The van der Waals surface area contributed by atoms with E-state index in [0.717, 1.165) is 38.5 Å². The molecule has 2 N–H and O–H groups in total. The summed E-state index contributed by atoms with van der Waals surface area (Å²) in [6, 6.07) is 19.1. The summed E-state index contributed by atoms with van der Waals surface area (Å²) in [5.41, 5.74) is 11.4. The van der Waals surface area contributed by atoms with E-state index in [1.165, 1.54) is 57.3 Å². The summed E-state index contributed by atoms with van der Waals surface area (Å²) in [4.78, 5) is 29.1. The lowest BCUT2D eigenvalue weighted by molar-refractivity contribution is -0.114. The lowest BCUT2D eigenvalue weighted by Gasteiger charge is -2.14. The van der Waals surface area contributed by atoms with E-state index in [4.69, 9.17) is 22.1 Å². The van der Waals surface area contributed by atoms with E-state index in [2.05, 4.69) is 28.1 Å². The predicted octanol–water partition coefficient (Wildman–Crippen LogP) is 6.54. The van der Waals surface area contributed by atoms with E-state index in [-0.39, 0.29) is 0 Å². The number of nitrogens with zero attached hydrogens (tertiary/aromatic N) is 2. The third-order valence-electron chi connectivity index (χ3n) is 6.99. The molecule has 1 saturated carbocycles. The maximum absolute atomic E-state index is 11.5. The van der Waals surface area contributed by atoms with Crippen molar-refractivity contribution >= 4 is 44.8 Å². The maximum atomic E-state index is 11.5. The van der Waals surface area contributed by atoms with E-state index < -0.39 is 11.7 Å². The Labute approximate surface area is 237 Å². The number of hydrogen-bond donors (Lipinski definition) is 1. The lowest BCUT2D eigenvalue weighted by Crippen LogP contribution is -2.22. The summed E-state index contributed by atoms with van der Waals surface area (Å²) in [6.07, 6.45) is 7.84. The van der Waals surface area contributed by atoms with Crippen LogP contribution in [-0.2, 0) is 11.2 Å². The summed E-state index contributed by atoms with van der Waals surface area (Å²) in [6.45, 7) is 3.79. The summed E-state index contributed by atoms with van der Waals surface area (Å²) in [5, 5.41) is 0.769. The zero-order valence-corrected chi connectivity index (χ0v) is 23.3. The van der Waals surface area contributed by atoms with Gasteiger partial charge < -0.3 is 15.4 Å². The van der Waals surface area contributed by atoms with Gasteiger partial charge in [-0.05, 0) is 99.1 Å². The van der Waals surface area contributed by atoms with Crippen molar-refractivity contribution in [2.45, 2.75) is 44.6 Å². The first kappa shape index (κ1) is 27.3. The molecule has 2 heterocycles. The van der Waals surface area contributed by atoms with Crippen LogP contribution in [0.4, 0.5) is 0 Å². The molecule has 0 bridgehead atoms. The topological polar surface area (TPSA) is 85.5 Å². The van der Waals surface area contributed by atoms with Crippen molar-refractivity contribution in [1.29, 1.82) is 0 Å². The van der Waals surface area contributed by atoms with Crippen molar-refractivity contribution in [2.75, 3.05) is 19.6 Å². The number of benzene rings is 3. The first-order valence-corrected chi connectivity index (χ1v) is 14.7. The van der Waals surface area contributed by atoms with Crippen LogP contribution in [0.15, 0.2) is 66.2 Å². The monoisotopic (exact) mass is 561 g/mol. The number of primary amides is 1. The second-order valence-electron chi connectivity index (χ2n) is 10.0. The molecule has 1 aliphatic carbocycles. The average Bonchev–Trinajstić information content (AvgIpc) is 3.39. The number of aryl methyl sites for hydroxylation is 1. The largest absolute Gasteiger partial charge is 0.489 e. The fourth-order valence-corrected chi connectivity index (χ4v) is 5.63. The molecule has 1 aliphatic heterocycles. The van der Waals surface area contributed by atoms with Gasteiger partial charge in [-0.3, -0.25) is 9.59 Å².